The first-order chi connectivity index (χ1) is 9.85. The third-order valence-electron chi connectivity index (χ3n) is 6.06. The van der Waals surface area contributed by atoms with Gasteiger partial charge in [0, 0.05) is 31.3 Å². The van der Waals surface area contributed by atoms with Crippen molar-refractivity contribution in [1.82, 2.24) is 0 Å². The minimum atomic E-state index is -0.170. The first kappa shape index (κ1) is 14.8. The highest BCUT2D eigenvalue weighted by Crippen LogP contribution is 2.78. The molecule has 2 fully saturated rings. The van der Waals surface area contributed by atoms with Crippen LogP contribution in [0.2, 0.25) is 0 Å². The molecule has 0 radical (unpaired) electrons. The van der Waals surface area contributed by atoms with Crippen molar-refractivity contribution in [3.8, 4) is 0 Å². The van der Waals surface area contributed by atoms with E-state index in [0.29, 0.717) is 23.7 Å². The number of carbonyl (C=O) groups excluding carboxylic acids is 1. The second-order valence-electron chi connectivity index (χ2n) is 7.22. The Bertz CT molecular complexity index is 521. The second-order valence-corrected chi connectivity index (χ2v) is 7.22. The van der Waals surface area contributed by atoms with Crippen molar-refractivity contribution in [2.45, 2.75) is 46.3 Å². The predicted octanol–water partition coefficient (Wildman–Crippen LogP) is 3.36. The van der Waals surface area contributed by atoms with Gasteiger partial charge in [0.2, 0.25) is 0 Å². The summed E-state index contributed by atoms with van der Waals surface area (Å²) < 4.78 is 11.4. The maximum atomic E-state index is 11.5. The molecule has 1 unspecified atom stereocenters. The van der Waals surface area contributed by atoms with Gasteiger partial charge in [-0.05, 0) is 32.1 Å². The quantitative estimate of drug-likeness (QED) is 0.590. The number of allylic oxidation sites excluding steroid dienone is 2. The zero-order chi connectivity index (χ0) is 15.5. The Balaban J connectivity index is 2.01. The largest absolute Gasteiger partial charge is 0.462 e. The Morgan fingerprint density at radius 3 is 2.57 bits per heavy atom. The summed E-state index contributed by atoms with van der Waals surface area (Å²) in [6.07, 6.45) is 3.42. The molecular weight excluding hydrogens is 264 g/mol. The zero-order valence-corrected chi connectivity index (χ0v) is 13.7. The van der Waals surface area contributed by atoms with E-state index < -0.39 is 0 Å². The van der Waals surface area contributed by atoms with Gasteiger partial charge >= 0.3 is 5.97 Å². The lowest BCUT2D eigenvalue weighted by Gasteiger charge is -2.39. The van der Waals surface area contributed by atoms with E-state index in [4.69, 9.17) is 9.47 Å². The Morgan fingerprint density at radius 1 is 1.38 bits per heavy atom. The van der Waals surface area contributed by atoms with Crippen molar-refractivity contribution in [1.29, 1.82) is 0 Å². The van der Waals surface area contributed by atoms with Crippen LogP contribution in [0.1, 0.15) is 34.1 Å². The summed E-state index contributed by atoms with van der Waals surface area (Å²) in [5.41, 5.74) is 2.73. The third kappa shape index (κ3) is 1.79. The SMILES string of the molecule is C=C(C)[C@H]1[C@H]2[C@@H](OC(C)=O)C[C@@H](C)C3[C@@H](OC)C=C(C)[C@@]321. The van der Waals surface area contributed by atoms with Crippen molar-refractivity contribution in [3.63, 3.8) is 0 Å². The Morgan fingerprint density at radius 2 is 2.05 bits per heavy atom. The van der Waals surface area contributed by atoms with Gasteiger partial charge in [-0.3, -0.25) is 4.79 Å². The molecule has 2 saturated carbocycles. The molecule has 0 bridgehead atoms. The van der Waals surface area contributed by atoms with E-state index >= 15 is 0 Å². The Kier molecular flexibility index (Phi) is 3.32. The Labute approximate surface area is 127 Å². The summed E-state index contributed by atoms with van der Waals surface area (Å²) >= 11 is 0. The molecule has 3 nitrogen and oxygen atoms in total. The first-order valence-corrected chi connectivity index (χ1v) is 7.90. The van der Waals surface area contributed by atoms with Crippen LogP contribution in [-0.2, 0) is 14.3 Å². The summed E-state index contributed by atoms with van der Waals surface area (Å²) in [6, 6.07) is 0. The fourth-order valence-corrected chi connectivity index (χ4v) is 5.64. The lowest BCUT2D eigenvalue weighted by Crippen LogP contribution is -2.40. The predicted molar refractivity (Wildman–Crippen MR) is 81.6 cm³/mol. The van der Waals surface area contributed by atoms with E-state index in [9.17, 15) is 4.79 Å². The van der Waals surface area contributed by atoms with Crippen molar-refractivity contribution in [2.24, 2.45) is 29.1 Å². The highest BCUT2D eigenvalue weighted by Gasteiger charge is 2.77. The van der Waals surface area contributed by atoms with Gasteiger partial charge in [-0.2, -0.15) is 0 Å². The Hall–Kier alpha value is -1.09. The summed E-state index contributed by atoms with van der Waals surface area (Å²) in [5, 5.41) is 0. The van der Waals surface area contributed by atoms with Crippen molar-refractivity contribution in [2.75, 3.05) is 7.11 Å². The molecule has 0 aromatic heterocycles. The van der Waals surface area contributed by atoms with E-state index in [-0.39, 0.29) is 23.6 Å². The van der Waals surface area contributed by atoms with E-state index in [1.165, 1.54) is 18.1 Å². The molecule has 0 aromatic rings. The molecule has 116 valence electrons. The van der Waals surface area contributed by atoms with Crippen LogP contribution >= 0.6 is 0 Å². The molecule has 1 spiro atoms. The van der Waals surface area contributed by atoms with E-state index in [1.807, 2.05) is 0 Å². The van der Waals surface area contributed by atoms with Gasteiger partial charge in [0.1, 0.15) is 6.10 Å². The lowest BCUT2D eigenvalue weighted by molar-refractivity contribution is -0.151. The summed E-state index contributed by atoms with van der Waals surface area (Å²) in [5.74, 6) is 1.61. The summed E-state index contributed by atoms with van der Waals surface area (Å²) in [4.78, 5) is 11.5. The molecule has 3 aliphatic rings. The zero-order valence-electron chi connectivity index (χ0n) is 13.7. The van der Waals surface area contributed by atoms with Crippen LogP contribution in [0.25, 0.3) is 0 Å². The number of hydrogen-bond acceptors (Lipinski definition) is 3. The van der Waals surface area contributed by atoms with Crippen LogP contribution in [0, 0.1) is 29.1 Å². The van der Waals surface area contributed by atoms with E-state index in [2.05, 4.69) is 33.4 Å². The van der Waals surface area contributed by atoms with Crippen LogP contribution in [0.15, 0.2) is 23.8 Å². The van der Waals surface area contributed by atoms with Crippen LogP contribution in [0.5, 0.6) is 0 Å². The maximum Gasteiger partial charge on any atom is 0.302 e. The van der Waals surface area contributed by atoms with Crippen LogP contribution in [-0.4, -0.2) is 25.3 Å². The van der Waals surface area contributed by atoms with Gasteiger partial charge in [-0.15, -0.1) is 0 Å². The molecule has 0 aromatic carbocycles. The molecule has 0 aliphatic heterocycles. The summed E-state index contributed by atoms with van der Waals surface area (Å²) in [6.45, 7) is 12.3. The van der Waals surface area contributed by atoms with Crippen LogP contribution < -0.4 is 0 Å². The molecule has 0 heterocycles. The molecule has 0 N–H and O–H groups in total. The second kappa shape index (κ2) is 4.70. The van der Waals surface area contributed by atoms with Crippen LogP contribution in [0.4, 0.5) is 0 Å². The lowest BCUT2D eigenvalue weighted by atomic mass is 9.69. The van der Waals surface area contributed by atoms with Gasteiger partial charge in [0.05, 0.1) is 6.10 Å². The number of rotatable bonds is 3. The summed E-state index contributed by atoms with van der Waals surface area (Å²) in [7, 11) is 1.80. The molecule has 0 saturated heterocycles. The topological polar surface area (TPSA) is 35.5 Å². The highest BCUT2D eigenvalue weighted by molar-refractivity contribution is 5.66. The van der Waals surface area contributed by atoms with Gasteiger partial charge < -0.3 is 9.47 Å². The first-order valence-electron chi connectivity index (χ1n) is 7.90. The minimum Gasteiger partial charge on any atom is -0.462 e. The third-order valence-corrected chi connectivity index (χ3v) is 6.06. The standard InChI is InChI=1S/C18H26O3/c1-9(2)15-17-14(21-12(5)19)7-10(3)16-13(20-6)8-11(4)18(15,16)17/h8,10,13-17H,1,7H2,2-6H3/t10-,13+,14+,15+,16?,17-,18-/m1/s1. The van der Waals surface area contributed by atoms with E-state index in [1.54, 1.807) is 7.11 Å². The fraction of sp³-hybridized carbons (Fsp3) is 0.722. The number of hydrogen-bond donors (Lipinski definition) is 0. The molecule has 0 amide bonds. The van der Waals surface area contributed by atoms with Crippen molar-refractivity contribution in [3.05, 3.63) is 23.8 Å². The highest BCUT2D eigenvalue weighted by atomic mass is 16.5. The average molecular weight is 290 g/mol. The smallest absolute Gasteiger partial charge is 0.302 e. The van der Waals surface area contributed by atoms with Gasteiger partial charge in [0.15, 0.2) is 0 Å². The molecule has 3 rings (SSSR count). The molecule has 7 atom stereocenters. The van der Waals surface area contributed by atoms with Gasteiger partial charge in [0.25, 0.3) is 0 Å². The number of methoxy groups -OCH3 is 1. The van der Waals surface area contributed by atoms with Crippen LogP contribution in [0.3, 0.4) is 0 Å². The maximum absolute atomic E-state index is 11.5. The van der Waals surface area contributed by atoms with Crippen molar-refractivity contribution < 1.29 is 14.3 Å². The minimum absolute atomic E-state index is 0.0226. The average Bonchev–Trinajstić information content (AvgIpc) is 2.99. The molecule has 3 heteroatoms. The normalized spacial score (nSPS) is 47.2. The molecular formula is C18H26O3. The number of esters is 1. The monoisotopic (exact) mass is 290 g/mol. The van der Waals surface area contributed by atoms with Gasteiger partial charge in [-0.1, -0.05) is 30.7 Å². The van der Waals surface area contributed by atoms with Crippen molar-refractivity contribution >= 4 is 5.97 Å². The molecule has 21 heavy (non-hydrogen) atoms. The fourth-order valence-electron chi connectivity index (χ4n) is 5.64. The van der Waals surface area contributed by atoms with E-state index in [0.717, 1.165) is 6.42 Å². The number of ether oxygens (including phenoxy) is 2. The van der Waals surface area contributed by atoms with Gasteiger partial charge in [-0.25, -0.2) is 0 Å². The molecule has 3 aliphatic carbocycles. The number of carbonyl (C=O) groups is 1.